The van der Waals surface area contributed by atoms with Gasteiger partial charge in [0.25, 0.3) is 0 Å². The van der Waals surface area contributed by atoms with E-state index in [1.165, 1.54) is 0 Å². The molecule has 0 radical (unpaired) electrons. The van der Waals surface area contributed by atoms with Crippen molar-refractivity contribution in [3.63, 3.8) is 0 Å². The van der Waals surface area contributed by atoms with Crippen molar-refractivity contribution < 1.29 is 13.6 Å². The number of fused-ring (bicyclic) bond motifs is 1. The van der Waals surface area contributed by atoms with Crippen LogP contribution in [0.2, 0.25) is 0 Å². The standard InChI is InChI=1S/C23H20F2N4O/c1-14-2-3-21-20(8-14)22(16(12-26)13-27-21)29-6-4-15(5-7-29)23(30)28-19-10-17(24)9-18(25)11-19/h2-3,8-11,13,15H,4-7H2,1H3,(H,28,30). The molecular weight excluding hydrogens is 386 g/mol. The van der Waals surface area contributed by atoms with Crippen molar-refractivity contribution in [2.24, 2.45) is 5.92 Å². The van der Waals surface area contributed by atoms with Crippen LogP contribution in [0.25, 0.3) is 10.9 Å². The van der Waals surface area contributed by atoms with Crippen LogP contribution in [0.15, 0.2) is 42.6 Å². The number of benzene rings is 2. The van der Waals surface area contributed by atoms with Gasteiger partial charge in [-0.25, -0.2) is 8.78 Å². The zero-order valence-corrected chi connectivity index (χ0v) is 16.5. The third kappa shape index (κ3) is 3.94. The molecular formula is C23H20F2N4O. The van der Waals surface area contributed by atoms with Gasteiger partial charge in [-0.3, -0.25) is 9.78 Å². The van der Waals surface area contributed by atoms with Crippen LogP contribution in [-0.4, -0.2) is 24.0 Å². The number of rotatable bonds is 3. The highest BCUT2D eigenvalue weighted by atomic mass is 19.1. The van der Waals surface area contributed by atoms with Gasteiger partial charge in [-0.2, -0.15) is 5.26 Å². The average Bonchev–Trinajstić information content (AvgIpc) is 2.72. The maximum atomic E-state index is 13.4. The van der Waals surface area contributed by atoms with Crippen LogP contribution in [-0.2, 0) is 4.79 Å². The molecule has 0 aliphatic carbocycles. The number of pyridine rings is 1. The molecule has 3 aromatic rings. The molecule has 0 bridgehead atoms. The second-order valence-corrected chi connectivity index (χ2v) is 7.56. The fourth-order valence-corrected chi connectivity index (χ4v) is 3.95. The van der Waals surface area contributed by atoms with Crippen molar-refractivity contribution in [3.8, 4) is 6.07 Å². The van der Waals surface area contributed by atoms with Crippen molar-refractivity contribution in [3.05, 3.63) is 65.4 Å². The third-order valence-corrected chi connectivity index (χ3v) is 5.43. The van der Waals surface area contributed by atoms with E-state index in [0.717, 1.165) is 40.4 Å². The van der Waals surface area contributed by atoms with E-state index in [0.29, 0.717) is 31.5 Å². The highest BCUT2D eigenvalue weighted by Gasteiger charge is 2.27. The van der Waals surface area contributed by atoms with E-state index < -0.39 is 11.6 Å². The van der Waals surface area contributed by atoms with Crippen LogP contribution >= 0.6 is 0 Å². The first-order valence-electron chi connectivity index (χ1n) is 9.76. The van der Waals surface area contributed by atoms with Gasteiger partial charge in [0.05, 0.1) is 16.8 Å². The van der Waals surface area contributed by atoms with E-state index in [1.54, 1.807) is 6.20 Å². The summed E-state index contributed by atoms with van der Waals surface area (Å²) in [5.41, 5.74) is 3.37. The molecule has 2 heterocycles. The predicted octanol–water partition coefficient (Wildman–Crippen LogP) is 4.55. The highest BCUT2D eigenvalue weighted by Crippen LogP contribution is 2.33. The van der Waals surface area contributed by atoms with Crippen molar-refractivity contribution in [1.29, 1.82) is 5.26 Å². The molecule has 1 aromatic heterocycles. The molecule has 0 spiro atoms. The first-order chi connectivity index (χ1) is 14.4. The number of aryl methyl sites for hydroxylation is 1. The first kappa shape index (κ1) is 19.8. The Hall–Kier alpha value is -3.53. The molecule has 1 aliphatic rings. The summed E-state index contributed by atoms with van der Waals surface area (Å²) in [5.74, 6) is -1.99. The molecule has 0 saturated carbocycles. The molecule has 0 atom stereocenters. The molecule has 5 nitrogen and oxygen atoms in total. The fourth-order valence-electron chi connectivity index (χ4n) is 3.95. The molecule has 30 heavy (non-hydrogen) atoms. The topological polar surface area (TPSA) is 69.0 Å². The lowest BCUT2D eigenvalue weighted by Gasteiger charge is -2.34. The molecule has 1 fully saturated rings. The van der Waals surface area contributed by atoms with Crippen LogP contribution < -0.4 is 10.2 Å². The van der Waals surface area contributed by atoms with Gasteiger partial charge < -0.3 is 10.2 Å². The summed E-state index contributed by atoms with van der Waals surface area (Å²) >= 11 is 0. The normalized spacial score (nSPS) is 14.5. The summed E-state index contributed by atoms with van der Waals surface area (Å²) in [4.78, 5) is 19.1. The van der Waals surface area contributed by atoms with Gasteiger partial charge in [0.15, 0.2) is 0 Å². The van der Waals surface area contributed by atoms with E-state index in [9.17, 15) is 18.8 Å². The molecule has 7 heteroatoms. The van der Waals surface area contributed by atoms with Crippen LogP contribution in [0.4, 0.5) is 20.2 Å². The molecule has 1 saturated heterocycles. The minimum absolute atomic E-state index is 0.113. The molecule has 0 unspecified atom stereocenters. The van der Waals surface area contributed by atoms with E-state index in [-0.39, 0.29) is 17.5 Å². The number of aromatic nitrogens is 1. The number of halogens is 2. The number of anilines is 2. The quantitative estimate of drug-likeness (QED) is 0.693. The smallest absolute Gasteiger partial charge is 0.227 e. The number of nitrogens with zero attached hydrogens (tertiary/aromatic N) is 3. The SMILES string of the molecule is Cc1ccc2ncc(C#N)c(N3CCC(C(=O)Nc4cc(F)cc(F)c4)CC3)c2c1. The maximum absolute atomic E-state index is 13.4. The highest BCUT2D eigenvalue weighted by molar-refractivity contribution is 5.95. The van der Waals surface area contributed by atoms with E-state index in [1.807, 2.05) is 25.1 Å². The van der Waals surface area contributed by atoms with E-state index in [4.69, 9.17) is 0 Å². The number of nitrogens with one attached hydrogen (secondary N) is 1. The van der Waals surface area contributed by atoms with Crippen LogP contribution in [0.3, 0.4) is 0 Å². The molecule has 1 N–H and O–H groups in total. The minimum atomic E-state index is -0.732. The second-order valence-electron chi connectivity index (χ2n) is 7.56. The van der Waals surface area contributed by atoms with Gasteiger partial charge in [-0.1, -0.05) is 11.6 Å². The number of amides is 1. The van der Waals surface area contributed by atoms with Crippen molar-refractivity contribution in [1.82, 2.24) is 4.98 Å². The van der Waals surface area contributed by atoms with Gasteiger partial charge in [-0.15, -0.1) is 0 Å². The molecule has 2 aromatic carbocycles. The Labute approximate surface area is 172 Å². The Balaban J connectivity index is 1.51. The summed E-state index contributed by atoms with van der Waals surface area (Å²) < 4.78 is 26.7. The Kier molecular flexibility index (Phi) is 5.32. The number of nitriles is 1. The minimum Gasteiger partial charge on any atom is -0.370 e. The predicted molar refractivity (Wildman–Crippen MR) is 111 cm³/mol. The van der Waals surface area contributed by atoms with Crippen LogP contribution in [0.5, 0.6) is 0 Å². The van der Waals surface area contributed by atoms with Crippen molar-refractivity contribution in [2.45, 2.75) is 19.8 Å². The van der Waals surface area contributed by atoms with Crippen LogP contribution in [0, 0.1) is 35.8 Å². The largest absolute Gasteiger partial charge is 0.370 e. The summed E-state index contributed by atoms with van der Waals surface area (Å²) in [6.07, 6.45) is 2.73. The molecule has 1 amide bonds. The number of piperidine rings is 1. The Morgan fingerprint density at radius 3 is 2.53 bits per heavy atom. The monoisotopic (exact) mass is 406 g/mol. The summed E-state index contributed by atoms with van der Waals surface area (Å²) in [6, 6.07) is 11.1. The molecule has 1 aliphatic heterocycles. The number of hydrogen-bond acceptors (Lipinski definition) is 4. The van der Waals surface area contributed by atoms with Crippen LogP contribution in [0.1, 0.15) is 24.0 Å². The Morgan fingerprint density at radius 1 is 1.17 bits per heavy atom. The Bertz CT molecular complexity index is 1140. The summed E-state index contributed by atoms with van der Waals surface area (Å²) in [6.45, 7) is 3.18. The lowest BCUT2D eigenvalue weighted by Crippen LogP contribution is -2.38. The lowest BCUT2D eigenvalue weighted by molar-refractivity contribution is -0.120. The first-order valence-corrected chi connectivity index (χ1v) is 9.76. The third-order valence-electron chi connectivity index (χ3n) is 5.43. The second kappa shape index (κ2) is 8.07. The van der Waals surface area contributed by atoms with Gasteiger partial charge in [0, 0.05) is 42.3 Å². The van der Waals surface area contributed by atoms with Gasteiger partial charge in [-0.05, 0) is 44.0 Å². The molecule has 4 rings (SSSR count). The number of carbonyl (C=O) groups excluding carboxylic acids is 1. The van der Waals surface area contributed by atoms with Crippen molar-refractivity contribution in [2.75, 3.05) is 23.3 Å². The van der Waals surface area contributed by atoms with E-state index >= 15 is 0 Å². The average molecular weight is 406 g/mol. The summed E-state index contributed by atoms with van der Waals surface area (Å²) in [7, 11) is 0. The maximum Gasteiger partial charge on any atom is 0.227 e. The lowest BCUT2D eigenvalue weighted by atomic mass is 9.94. The fraction of sp³-hybridized carbons (Fsp3) is 0.261. The summed E-state index contributed by atoms with van der Waals surface area (Å²) in [5, 5.41) is 13.1. The molecule has 152 valence electrons. The van der Waals surface area contributed by atoms with Crippen molar-refractivity contribution >= 4 is 28.2 Å². The van der Waals surface area contributed by atoms with Gasteiger partial charge in [0.2, 0.25) is 5.91 Å². The number of carbonyl (C=O) groups is 1. The van der Waals surface area contributed by atoms with E-state index in [2.05, 4.69) is 21.3 Å². The Morgan fingerprint density at radius 2 is 1.87 bits per heavy atom. The van der Waals surface area contributed by atoms with Gasteiger partial charge >= 0.3 is 0 Å². The zero-order valence-electron chi connectivity index (χ0n) is 16.5. The zero-order chi connectivity index (χ0) is 21.3. The van der Waals surface area contributed by atoms with Gasteiger partial charge in [0.1, 0.15) is 17.7 Å². The number of hydrogen-bond donors (Lipinski definition) is 1.